The molecule has 3 nitrogen and oxygen atoms in total. The lowest BCUT2D eigenvalue weighted by molar-refractivity contribution is 0.660. The van der Waals surface area contributed by atoms with Crippen LogP contribution < -0.4 is 5.73 Å². The monoisotopic (exact) mass is 201 g/mol. The summed E-state index contributed by atoms with van der Waals surface area (Å²) in [6, 6.07) is 9.97. The van der Waals surface area contributed by atoms with Crippen molar-refractivity contribution in [1.82, 2.24) is 9.78 Å². The van der Waals surface area contributed by atoms with Crippen molar-refractivity contribution in [2.75, 3.05) is 5.73 Å². The number of hydrogen-bond donors (Lipinski definition) is 1. The molecule has 0 aliphatic carbocycles. The summed E-state index contributed by atoms with van der Waals surface area (Å²) in [7, 11) is 0. The SMILES string of the molecule is CCn1nc(C)cc1-c1ccc(N)cc1. The van der Waals surface area contributed by atoms with Crippen LogP contribution in [-0.4, -0.2) is 9.78 Å². The second kappa shape index (κ2) is 3.77. The Morgan fingerprint density at radius 2 is 1.93 bits per heavy atom. The predicted molar refractivity (Wildman–Crippen MR) is 62.5 cm³/mol. The molecule has 0 fully saturated rings. The van der Waals surface area contributed by atoms with E-state index in [2.05, 4.69) is 18.1 Å². The molecule has 78 valence electrons. The van der Waals surface area contributed by atoms with E-state index in [1.165, 1.54) is 0 Å². The van der Waals surface area contributed by atoms with E-state index in [4.69, 9.17) is 5.73 Å². The van der Waals surface area contributed by atoms with E-state index < -0.39 is 0 Å². The zero-order valence-corrected chi connectivity index (χ0v) is 9.07. The van der Waals surface area contributed by atoms with Gasteiger partial charge >= 0.3 is 0 Å². The number of nitrogen functional groups attached to an aromatic ring is 1. The molecule has 0 atom stereocenters. The van der Waals surface area contributed by atoms with Crippen molar-refractivity contribution in [2.45, 2.75) is 20.4 Å². The molecule has 0 aliphatic heterocycles. The lowest BCUT2D eigenvalue weighted by Gasteiger charge is -2.04. The number of aryl methyl sites for hydroxylation is 2. The molecule has 0 saturated carbocycles. The molecule has 0 unspecified atom stereocenters. The van der Waals surface area contributed by atoms with Crippen molar-refractivity contribution in [3.63, 3.8) is 0 Å². The summed E-state index contributed by atoms with van der Waals surface area (Å²) in [6.07, 6.45) is 0. The second-order valence-electron chi connectivity index (χ2n) is 3.61. The fourth-order valence-electron chi connectivity index (χ4n) is 1.67. The van der Waals surface area contributed by atoms with Gasteiger partial charge in [0.15, 0.2) is 0 Å². The number of aromatic nitrogens is 2. The first-order valence-electron chi connectivity index (χ1n) is 5.11. The third-order valence-electron chi connectivity index (χ3n) is 2.41. The van der Waals surface area contributed by atoms with Crippen LogP contribution in [0.4, 0.5) is 5.69 Å². The van der Waals surface area contributed by atoms with Crippen LogP contribution in [0.15, 0.2) is 30.3 Å². The number of rotatable bonds is 2. The van der Waals surface area contributed by atoms with Crippen LogP contribution in [-0.2, 0) is 6.54 Å². The van der Waals surface area contributed by atoms with Crippen LogP contribution in [0.2, 0.25) is 0 Å². The van der Waals surface area contributed by atoms with Gasteiger partial charge in [-0.1, -0.05) is 12.1 Å². The first kappa shape index (κ1) is 9.77. The lowest BCUT2D eigenvalue weighted by Crippen LogP contribution is -1.99. The standard InChI is InChI=1S/C12H15N3/c1-3-15-12(8-9(2)14-15)10-4-6-11(13)7-5-10/h4-8H,3,13H2,1-2H3. The molecule has 1 aromatic carbocycles. The Bertz CT molecular complexity index is 454. The van der Waals surface area contributed by atoms with Gasteiger partial charge in [-0.25, -0.2) is 0 Å². The Balaban J connectivity index is 2.48. The highest BCUT2D eigenvalue weighted by atomic mass is 15.3. The third-order valence-corrected chi connectivity index (χ3v) is 2.41. The van der Waals surface area contributed by atoms with Crippen LogP contribution in [0.5, 0.6) is 0 Å². The molecule has 1 aromatic heterocycles. The van der Waals surface area contributed by atoms with Crippen molar-refractivity contribution in [1.29, 1.82) is 0 Å². The van der Waals surface area contributed by atoms with Crippen LogP contribution in [0.1, 0.15) is 12.6 Å². The molecule has 0 saturated heterocycles. The first-order chi connectivity index (χ1) is 7.20. The maximum Gasteiger partial charge on any atom is 0.0684 e. The molecule has 2 N–H and O–H groups in total. The smallest absolute Gasteiger partial charge is 0.0684 e. The minimum absolute atomic E-state index is 0.790. The molecule has 1 heterocycles. The van der Waals surface area contributed by atoms with Crippen molar-refractivity contribution in [3.8, 4) is 11.3 Å². The van der Waals surface area contributed by atoms with Gasteiger partial charge in [0.25, 0.3) is 0 Å². The van der Waals surface area contributed by atoms with E-state index in [1.807, 2.05) is 35.9 Å². The summed E-state index contributed by atoms with van der Waals surface area (Å²) in [6.45, 7) is 4.98. The van der Waals surface area contributed by atoms with E-state index in [9.17, 15) is 0 Å². The Hall–Kier alpha value is -1.77. The Morgan fingerprint density at radius 1 is 1.27 bits per heavy atom. The highest BCUT2D eigenvalue weighted by molar-refractivity contribution is 5.62. The lowest BCUT2D eigenvalue weighted by atomic mass is 10.1. The highest BCUT2D eigenvalue weighted by Crippen LogP contribution is 2.21. The molecule has 3 heteroatoms. The number of benzene rings is 1. The molecule has 0 aliphatic rings. The molecule has 15 heavy (non-hydrogen) atoms. The zero-order valence-electron chi connectivity index (χ0n) is 9.07. The largest absolute Gasteiger partial charge is 0.399 e. The quantitative estimate of drug-likeness (QED) is 0.758. The highest BCUT2D eigenvalue weighted by Gasteiger charge is 2.05. The van der Waals surface area contributed by atoms with Gasteiger partial charge in [0.2, 0.25) is 0 Å². The first-order valence-corrected chi connectivity index (χ1v) is 5.11. The number of nitrogens with zero attached hydrogens (tertiary/aromatic N) is 2. The molecule has 0 radical (unpaired) electrons. The molecule has 0 spiro atoms. The molecule has 0 amide bonds. The van der Waals surface area contributed by atoms with Crippen molar-refractivity contribution in [3.05, 3.63) is 36.0 Å². The van der Waals surface area contributed by atoms with Gasteiger partial charge in [-0.3, -0.25) is 4.68 Å². The van der Waals surface area contributed by atoms with Crippen LogP contribution in [0.3, 0.4) is 0 Å². The van der Waals surface area contributed by atoms with Crippen LogP contribution >= 0.6 is 0 Å². The Morgan fingerprint density at radius 3 is 2.53 bits per heavy atom. The summed E-state index contributed by atoms with van der Waals surface area (Å²) >= 11 is 0. The maximum absolute atomic E-state index is 5.66. The number of anilines is 1. The minimum atomic E-state index is 0.790. The van der Waals surface area contributed by atoms with Gasteiger partial charge in [-0.2, -0.15) is 5.10 Å². The fourth-order valence-corrected chi connectivity index (χ4v) is 1.67. The van der Waals surface area contributed by atoms with Gasteiger partial charge in [-0.15, -0.1) is 0 Å². The molecular weight excluding hydrogens is 186 g/mol. The minimum Gasteiger partial charge on any atom is -0.399 e. The summed E-state index contributed by atoms with van der Waals surface area (Å²) < 4.78 is 2.00. The van der Waals surface area contributed by atoms with E-state index in [0.29, 0.717) is 0 Å². The van der Waals surface area contributed by atoms with Crippen molar-refractivity contribution in [2.24, 2.45) is 0 Å². The Kier molecular flexibility index (Phi) is 2.46. The summed E-state index contributed by atoms with van der Waals surface area (Å²) in [5, 5.41) is 4.41. The summed E-state index contributed by atoms with van der Waals surface area (Å²) in [5.41, 5.74) is 9.80. The summed E-state index contributed by atoms with van der Waals surface area (Å²) in [4.78, 5) is 0. The van der Waals surface area contributed by atoms with E-state index in [-0.39, 0.29) is 0 Å². The topological polar surface area (TPSA) is 43.8 Å². The zero-order chi connectivity index (χ0) is 10.8. The van der Waals surface area contributed by atoms with Crippen molar-refractivity contribution < 1.29 is 0 Å². The van der Waals surface area contributed by atoms with Gasteiger partial charge < -0.3 is 5.73 Å². The van der Waals surface area contributed by atoms with Crippen molar-refractivity contribution >= 4 is 5.69 Å². The van der Waals surface area contributed by atoms with E-state index in [1.54, 1.807) is 0 Å². The number of nitrogens with two attached hydrogens (primary N) is 1. The van der Waals surface area contributed by atoms with Gasteiger partial charge in [-0.05, 0) is 37.6 Å². The Labute approximate surface area is 89.5 Å². The summed E-state index contributed by atoms with van der Waals surface area (Å²) in [5.74, 6) is 0. The maximum atomic E-state index is 5.66. The van der Waals surface area contributed by atoms with Crippen LogP contribution in [0.25, 0.3) is 11.3 Å². The fraction of sp³-hybridized carbons (Fsp3) is 0.250. The average molecular weight is 201 g/mol. The van der Waals surface area contributed by atoms with E-state index >= 15 is 0 Å². The van der Waals surface area contributed by atoms with Gasteiger partial charge in [0.05, 0.1) is 11.4 Å². The number of hydrogen-bond acceptors (Lipinski definition) is 2. The average Bonchev–Trinajstić information content (AvgIpc) is 2.61. The molecule has 2 aromatic rings. The molecular formula is C12H15N3. The van der Waals surface area contributed by atoms with Gasteiger partial charge in [0, 0.05) is 12.2 Å². The normalized spacial score (nSPS) is 10.5. The second-order valence-corrected chi connectivity index (χ2v) is 3.61. The van der Waals surface area contributed by atoms with E-state index in [0.717, 1.165) is 29.2 Å². The third kappa shape index (κ3) is 1.86. The van der Waals surface area contributed by atoms with Gasteiger partial charge in [0.1, 0.15) is 0 Å². The molecule has 2 rings (SSSR count). The van der Waals surface area contributed by atoms with Crippen LogP contribution in [0, 0.1) is 6.92 Å². The predicted octanol–water partition coefficient (Wildman–Crippen LogP) is 2.46. The molecule has 0 bridgehead atoms.